The summed E-state index contributed by atoms with van der Waals surface area (Å²) in [5.74, 6) is -1.62. The smallest absolute Gasteiger partial charge is 0.309 e. The molecule has 15 heavy (non-hydrogen) atoms. The molecule has 3 atom stereocenters. The van der Waals surface area contributed by atoms with Crippen LogP contribution in [0.15, 0.2) is 0 Å². The van der Waals surface area contributed by atoms with Gasteiger partial charge in [0.05, 0.1) is 5.41 Å². The van der Waals surface area contributed by atoms with Crippen molar-refractivity contribution in [1.82, 2.24) is 0 Å². The molecule has 3 N–H and O–H groups in total. The van der Waals surface area contributed by atoms with Gasteiger partial charge in [0.25, 0.3) is 0 Å². The first-order valence-electron chi connectivity index (χ1n) is 4.88. The van der Waals surface area contributed by atoms with E-state index in [0.29, 0.717) is 18.2 Å². The third-order valence-electron chi connectivity index (χ3n) is 4.06. The first-order chi connectivity index (χ1) is 6.79. The van der Waals surface area contributed by atoms with Crippen LogP contribution in [0.3, 0.4) is 0 Å². The van der Waals surface area contributed by atoms with E-state index in [1.807, 2.05) is 6.92 Å². The largest absolute Gasteiger partial charge is 0.481 e. The Morgan fingerprint density at radius 1 is 1.53 bits per heavy atom. The van der Waals surface area contributed by atoms with E-state index in [2.05, 4.69) is 15.9 Å². The lowest BCUT2D eigenvalue weighted by Crippen LogP contribution is -2.47. The second-order valence-electron chi connectivity index (χ2n) is 4.68. The normalized spacial score (nSPS) is 40.3. The number of hydrogen-bond acceptors (Lipinski definition) is 2. The Balaban J connectivity index is 3.16. The number of aliphatic carboxylic acids is 1. The Morgan fingerprint density at radius 2 is 2.07 bits per heavy atom. The zero-order chi connectivity index (χ0) is 11.9. The topological polar surface area (TPSA) is 80.4 Å². The summed E-state index contributed by atoms with van der Waals surface area (Å²) in [5, 5.41) is 9.73. The fourth-order valence-corrected chi connectivity index (χ4v) is 3.48. The summed E-state index contributed by atoms with van der Waals surface area (Å²) in [6.07, 6.45) is 1.05. The molecule has 0 unspecified atom stereocenters. The van der Waals surface area contributed by atoms with E-state index in [9.17, 15) is 14.7 Å². The summed E-state index contributed by atoms with van der Waals surface area (Å²) in [6.45, 7) is 3.51. The molecule has 86 valence electrons. The fraction of sp³-hybridized carbons (Fsp3) is 0.800. The van der Waals surface area contributed by atoms with Crippen LogP contribution in [-0.2, 0) is 9.59 Å². The van der Waals surface area contributed by atoms with E-state index in [-0.39, 0.29) is 5.92 Å². The van der Waals surface area contributed by atoms with Gasteiger partial charge in [-0.15, -0.1) is 0 Å². The number of carbonyl (C=O) groups excluding carboxylic acids is 1. The van der Waals surface area contributed by atoms with E-state index in [1.165, 1.54) is 0 Å². The monoisotopic (exact) mass is 277 g/mol. The maximum Gasteiger partial charge on any atom is 0.309 e. The van der Waals surface area contributed by atoms with Crippen LogP contribution in [0.2, 0.25) is 0 Å². The minimum Gasteiger partial charge on any atom is -0.481 e. The van der Waals surface area contributed by atoms with Crippen molar-refractivity contribution in [2.24, 2.45) is 22.5 Å². The minimum atomic E-state index is -0.879. The van der Waals surface area contributed by atoms with Gasteiger partial charge in [-0.2, -0.15) is 0 Å². The standard InChI is InChI=1S/C10H16BrNO3/c1-9(8(14)15)4-3-6(7(12)13)10(9,2)5-11/h6H,3-5H2,1-2H3,(H2,12,13)(H,14,15)/t6-,9+,10+/m0/s1. The molecule has 0 aromatic heterocycles. The molecule has 0 aromatic carbocycles. The molecular formula is C10H16BrNO3. The van der Waals surface area contributed by atoms with Gasteiger partial charge < -0.3 is 10.8 Å². The third-order valence-corrected chi connectivity index (χ3v) is 5.22. The van der Waals surface area contributed by atoms with Crippen molar-refractivity contribution in [3.05, 3.63) is 0 Å². The number of primary amides is 1. The number of carboxylic acid groups (broad SMARTS) is 1. The molecule has 1 aliphatic rings. The van der Waals surface area contributed by atoms with Crippen LogP contribution >= 0.6 is 15.9 Å². The summed E-state index contributed by atoms with van der Waals surface area (Å²) in [4.78, 5) is 22.6. The van der Waals surface area contributed by atoms with Crippen LogP contribution < -0.4 is 5.73 Å². The van der Waals surface area contributed by atoms with Crippen molar-refractivity contribution in [3.63, 3.8) is 0 Å². The lowest BCUT2D eigenvalue weighted by molar-refractivity contribution is -0.154. The molecule has 4 nitrogen and oxygen atoms in total. The van der Waals surface area contributed by atoms with Gasteiger partial charge in [-0.25, -0.2) is 0 Å². The molecule has 1 fully saturated rings. The number of carboxylic acids is 1. The molecule has 0 saturated heterocycles. The molecule has 1 rings (SSSR count). The highest BCUT2D eigenvalue weighted by molar-refractivity contribution is 9.09. The fourth-order valence-electron chi connectivity index (χ4n) is 2.47. The molecular weight excluding hydrogens is 262 g/mol. The Kier molecular flexibility index (Phi) is 3.14. The summed E-state index contributed by atoms with van der Waals surface area (Å²) < 4.78 is 0. The number of amides is 1. The number of rotatable bonds is 3. The highest BCUT2D eigenvalue weighted by Crippen LogP contribution is 2.56. The van der Waals surface area contributed by atoms with Gasteiger partial charge in [0.15, 0.2) is 0 Å². The molecule has 1 aliphatic carbocycles. The molecule has 0 aliphatic heterocycles. The van der Waals surface area contributed by atoms with E-state index in [0.717, 1.165) is 0 Å². The van der Waals surface area contributed by atoms with Crippen LogP contribution in [0.25, 0.3) is 0 Å². The molecule has 1 saturated carbocycles. The van der Waals surface area contributed by atoms with Crippen molar-refractivity contribution in [3.8, 4) is 0 Å². The van der Waals surface area contributed by atoms with Gasteiger partial charge in [0.1, 0.15) is 0 Å². The van der Waals surface area contributed by atoms with Crippen molar-refractivity contribution in [2.75, 3.05) is 5.33 Å². The number of alkyl halides is 1. The summed E-state index contributed by atoms with van der Waals surface area (Å²) in [7, 11) is 0. The maximum atomic E-state index is 11.3. The van der Waals surface area contributed by atoms with Crippen molar-refractivity contribution >= 4 is 27.8 Å². The summed E-state index contributed by atoms with van der Waals surface area (Å²) in [6, 6.07) is 0. The SMILES string of the molecule is C[C@]1(C(=O)O)CC[C@@H](C(N)=O)[C@@]1(C)CBr. The zero-order valence-corrected chi connectivity index (χ0v) is 10.5. The number of carbonyl (C=O) groups is 2. The van der Waals surface area contributed by atoms with Gasteiger partial charge in [0.2, 0.25) is 5.91 Å². The van der Waals surface area contributed by atoms with Crippen LogP contribution in [-0.4, -0.2) is 22.3 Å². The molecule has 0 heterocycles. The van der Waals surface area contributed by atoms with Gasteiger partial charge in [0, 0.05) is 16.7 Å². The number of hydrogen-bond donors (Lipinski definition) is 2. The molecule has 0 spiro atoms. The molecule has 0 radical (unpaired) electrons. The zero-order valence-electron chi connectivity index (χ0n) is 8.92. The van der Waals surface area contributed by atoms with Crippen molar-refractivity contribution in [2.45, 2.75) is 26.7 Å². The molecule has 5 heteroatoms. The van der Waals surface area contributed by atoms with Crippen LogP contribution in [0, 0.1) is 16.7 Å². The van der Waals surface area contributed by atoms with Gasteiger partial charge in [-0.3, -0.25) is 9.59 Å². The van der Waals surface area contributed by atoms with Gasteiger partial charge in [-0.05, 0) is 19.8 Å². The first-order valence-corrected chi connectivity index (χ1v) is 6.00. The average Bonchev–Trinajstić information content (AvgIpc) is 2.42. The lowest BCUT2D eigenvalue weighted by Gasteiger charge is -2.39. The van der Waals surface area contributed by atoms with E-state index < -0.39 is 22.7 Å². The van der Waals surface area contributed by atoms with Crippen LogP contribution in [0.5, 0.6) is 0 Å². The summed E-state index contributed by atoms with van der Waals surface area (Å²) in [5.41, 5.74) is 3.83. The Bertz CT molecular complexity index is 307. The van der Waals surface area contributed by atoms with Crippen LogP contribution in [0.4, 0.5) is 0 Å². The number of halogens is 1. The highest BCUT2D eigenvalue weighted by Gasteiger charge is 2.59. The predicted octanol–water partition coefficient (Wildman–Crippen LogP) is 1.37. The quantitative estimate of drug-likeness (QED) is 0.765. The maximum absolute atomic E-state index is 11.3. The second kappa shape index (κ2) is 3.77. The van der Waals surface area contributed by atoms with Gasteiger partial charge in [-0.1, -0.05) is 22.9 Å². The molecule has 0 aromatic rings. The predicted molar refractivity (Wildman–Crippen MR) is 59.6 cm³/mol. The van der Waals surface area contributed by atoms with Crippen molar-refractivity contribution in [1.29, 1.82) is 0 Å². The first kappa shape index (κ1) is 12.5. The minimum absolute atomic E-state index is 0.363. The van der Waals surface area contributed by atoms with E-state index >= 15 is 0 Å². The van der Waals surface area contributed by atoms with Gasteiger partial charge >= 0.3 is 5.97 Å². The molecule has 1 amide bonds. The van der Waals surface area contributed by atoms with E-state index in [4.69, 9.17) is 5.73 Å². The number of nitrogens with two attached hydrogens (primary N) is 1. The van der Waals surface area contributed by atoms with E-state index in [1.54, 1.807) is 6.92 Å². The molecule has 0 bridgehead atoms. The highest BCUT2D eigenvalue weighted by atomic mass is 79.9. The van der Waals surface area contributed by atoms with Crippen molar-refractivity contribution < 1.29 is 14.7 Å². The summed E-state index contributed by atoms with van der Waals surface area (Å²) >= 11 is 3.31. The average molecular weight is 278 g/mol. The lowest BCUT2D eigenvalue weighted by atomic mass is 9.65. The third kappa shape index (κ3) is 1.57. The van der Waals surface area contributed by atoms with Crippen LogP contribution in [0.1, 0.15) is 26.7 Å². The Hall–Kier alpha value is -0.580. The Morgan fingerprint density at radius 3 is 2.40 bits per heavy atom. The second-order valence-corrected chi connectivity index (χ2v) is 5.24. The Labute approximate surface area is 97.3 Å².